The third kappa shape index (κ3) is 2.45. The summed E-state index contributed by atoms with van der Waals surface area (Å²) in [6, 6.07) is 14.6. The normalized spacial score (nSPS) is 14.7. The van der Waals surface area contributed by atoms with E-state index in [0.29, 0.717) is 39.4 Å². The molecule has 0 saturated heterocycles. The van der Waals surface area contributed by atoms with Crippen molar-refractivity contribution in [1.29, 1.82) is 0 Å². The van der Waals surface area contributed by atoms with Crippen LogP contribution < -0.4 is 10.1 Å². The molecule has 0 unspecified atom stereocenters. The zero-order chi connectivity index (χ0) is 21.9. The van der Waals surface area contributed by atoms with Crippen molar-refractivity contribution in [3.8, 4) is 23.0 Å². The number of ether oxygens (including phenoxy) is 2. The van der Waals surface area contributed by atoms with Crippen molar-refractivity contribution in [2.24, 2.45) is 0 Å². The van der Waals surface area contributed by atoms with Crippen molar-refractivity contribution in [1.82, 2.24) is 15.0 Å². The third-order valence-corrected chi connectivity index (χ3v) is 5.54. The number of rotatable bonds is 2. The summed E-state index contributed by atoms with van der Waals surface area (Å²) in [6.45, 7) is 0. The van der Waals surface area contributed by atoms with E-state index in [0.717, 1.165) is 0 Å². The summed E-state index contributed by atoms with van der Waals surface area (Å²) in [5.74, 6) is 0.371. The zero-order valence-electron chi connectivity index (χ0n) is 16.3. The molecule has 0 fully saturated rings. The molecular weight excluding hydrogens is 412 g/mol. The Bertz CT molecular complexity index is 1360. The molecule has 3 N–H and O–H groups in total. The molecule has 3 aromatic carbocycles. The third-order valence-electron chi connectivity index (χ3n) is 5.54. The lowest BCUT2D eigenvalue weighted by atomic mass is 9.77. The molecule has 2 aliphatic rings. The van der Waals surface area contributed by atoms with E-state index >= 15 is 0 Å². The summed E-state index contributed by atoms with van der Waals surface area (Å²) in [7, 11) is 0. The molecule has 0 bridgehead atoms. The van der Waals surface area contributed by atoms with Gasteiger partial charge in [-0.2, -0.15) is 0 Å². The van der Waals surface area contributed by atoms with Crippen molar-refractivity contribution >= 4 is 17.6 Å². The van der Waals surface area contributed by atoms with Crippen molar-refractivity contribution in [3.05, 3.63) is 89.5 Å². The second kappa shape index (κ2) is 6.42. The molecule has 6 rings (SSSR count). The number of hydrogen-bond acceptors (Lipinski definition) is 9. The number of nitrogens with one attached hydrogen (secondary N) is 1. The van der Waals surface area contributed by atoms with Gasteiger partial charge < -0.3 is 25.0 Å². The van der Waals surface area contributed by atoms with Gasteiger partial charge >= 0.3 is 5.97 Å². The van der Waals surface area contributed by atoms with Gasteiger partial charge in [0.2, 0.25) is 5.95 Å². The predicted molar refractivity (Wildman–Crippen MR) is 111 cm³/mol. The van der Waals surface area contributed by atoms with Gasteiger partial charge in [-0.3, -0.25) is 0 Å². The molecular formula is C23H14N4O5. The van der Waals surface area contributed by atoms with E-state index < -0.39 is 11.6 Å². The highest BCUT2D eigenvalue weighted by atomic mass is 16.6. The molecule has 0 aliphatic carbocycles. The predicted octanol–water partition coefficient (Wildman–Crippen LogP) is 3.59. The number of nitrogens with zero attached hydrogens (tertiary/aromatic N) is 3. The number of aromatic nitrogens is 3. The van der Waals surface area contributed by atoms with Crippen LogP contribution in [0.4, 0.5) is 11.6 Å². The molecule has 9 heteroatoms. The number of benzene rings is 3. The van der Waals surface area contributed by atoms with E-state index in [2.05, 4.69) is 20.3 Å². The number of phenols is 2. The Kier molecular flexibility index (Phi) is 3.64. The van der Waals surface area contributed by atoms with Gasteiger partial charge in [-0.05, 0) is 30.3 Å². The Morgan fingerprint density at radius 2 is 1.50 bits per heavy atom. The van der Waals surface area contributed by atoms with Gasteiger partial charge in [0.05, 0.1) is 11.3 Å². The van der Waals surface area contributed by atoms with Crippen LogP contribution in [0.3, 0.4) is 0 Å². The van der Waals surface area contributed by atoms with Gasteiger partial charge in [0.15, 0.2) is 5.60 Å². The zero-order valence-corrected chi connectivity index (χ0v) is 16.3. The molecule has 156 valence electrons. The number of hydrogen-bond donors (Lipinski definition) is 3. The van der Waals surface area contributed by atoms with Gasteiger partial charge in [0.25, 0.3) is 0 Å². The second-order valence-corrected chi connectivity index (χ2v) is 7.35. The average molecular weight is 426 g/mol. The molecule has 0 radical (unpaired) electrons. The molecule has 4 aromatic rings. The number of aromatic hydroxyl groups is 2. The molecule has 1 aromatic heterocycles. The summed E-state index contributed by atoms with van der Waals surface area (Å²) < 4.78 is 12.0. The van der Waals surface area contributed by atoms with Gasteiger partial charge in [-0.25, -0.2) is 19.7 Å². The standard InChI is InChI=1S/C23H14N4O5/c28-12-4-6-14-18(8-12)31-19-9-13(29)5-7-15(19)23(14)16-2-1-3-17(20(16)21(30)32-23)27-22-25-10-24-11-26-22/h1-11,28-29H,(H,24,25,26,27). The van der Waals surface area contributed by atoms with Crippen LogP contribution in [0, 0.1) is 0 Å². The molecule has 32 heavy (non-hydrogen) atoms. The largest absolute Gasteiger partial charge is 0.508 e. The number of carbonyl (C=O) groups excluding carboxylic acids is 1. The van der Waals surface area contributed by atoms with Crippen molar-refractivity contribution in [2.75, 3.05) is 5.32 Å². The smallest absolute Gasteiger partial charge is 0.342 e. The van der Waals surface area contributed by atoms with Crippen LogP contribution in [0.15, 0.2) is 67.3 Å². The lowest BCUT2D eigenvalue weighted by Crippen LogP contribution is -2.32. The minimum absolute atomic E-state index is 0.00250. The summed E-state index contributed by atoms with van der Waals surface area (Å²) in [4.78, 5) is 25.2. The Morgan fingerprint density at radius 3 is 2.16 bits per heavy atom. The quantitative estimate of drug-likeness (QED) is 0.412. The highest BCUT2D eigenvalue weighted by molar-refractivity contribution is 6.02. The van der Waals surface area contributed by atoms with E-state index in [9.17, 15) is 15.0 Å². The highest BCUT2D eigenvalue weighted by Crippen LogP contribution is 2.57. The summed E-state index contributed by atoms with van der Waals surface area (Å²) in [5, 5.41) is 23.1. The van der Waals surface area contributed by atoms with Crippen LogP contribution in [0.25, 0.3) is 0 Å². The van der Waals surface area contributed by atoms with Crippen LogP contribution in [0.2, 0.25) is 0 Å². The Labute approximate surface area is 181 Å². The minimum Gasteiger partial charge on any atom is -0.508 e. The molecule has 0 atom stereocenters. The van der Waals surface area contributed by atoms with Crippen LogP contribution in [0.1, 0.15) is 27.0 Å². The SMILES string of the molecule is O=C1OC2(c3ccc(O)cc3Oc3cc(O)ccc32)c2cccc(Nc3ncncn3)c21. The Hall–Kier alpha value is -4.66. The summed E-state index contributed by atoms with van der Waals surface area (Å²) in [6.07, 6.45) is 2.70. The first kappa shape index (κ1) is 18.1. The Balaban J connectivity index is 1.62. The highest BCUT2D eigenvalue weighted by Gasteiger charge is 2.54. The average Bonchev–Trinajstić information content (AvgIpc) is 3.08. The summed E-state index contributed by atoms with van der Waals surface area (Å²) >= 11 is 0. The monoisotopic (exact) mass is 426 g/mol. The number of fused-ring (bicyclic) bond motifs is 6. The molecule has 0 saturated carbocycles. The van der Waals surface area contributed by atoms with Crippen molar-refractivity contribution < 1.29 is 24.5 Å². The van der Waals surface area contributed by atoms with E-state index in [1.165, 1.54) is 36.9 Å². The topological polar surface area (TPSA) is 127 Å². The van der Waals surface area contributed by atoms with E-state index in [1.807, 2.05) is 0 Å². The Morgan fingerprint density at radius 1 is 0.844 bits per heavy atom. The fourth-order valence-corrected chi connectivity index (χ4v) is 4.28. The minimum atomic E-state index is -1.33. The fraction of sp³-hybridized carbons (Fsp3) is 0.0435. The first-order chi connectivity index (χ1) is 15.6. The fourth-order valence-electron chi connectivity index (χ4n) is 4.28. The van der Waals surface area contributed by atoms with E-state index in [4.69, 9.17) is 9.47 Å². The van der Waals surface area contributed by atoms with Crippen LogP contribution in [-0.4, -0.2) is 31.1 Å². The first-order valence-corrected chi connectivity index (χ1v) is 9.67. The lowest BCUT2D eigenvalue weighted by Gasteiger charge is -2.36. The van der Waals surface area contributed by atoms with Crippen molar-refractivity contribution in [2.45, 2.75) is 5.60 Å². The molecule has 0 amide bonds. The van der Waals surface area contributed by atoms with E-state index in [1.54, 1.807) is 30.3 Å². The van der Waals surface area contributed by atoms with Crippen LogP contribution in [0.5, 0.6) is 23.0 Å². The van der Waals surface area contributed by atoms with Crippen molar-refractivity contribution in [3.63, 3.8) is 0 Å². The molecule has 3 heterocycles. The molecule has 9 nitrogen and oxygen atoms in total. The van der Waals surface area contributed by atoms with Gasteiger partial charge in [0.1, 0.15) is 35.7 Å². The summed E-state index contributed by atoms with van der Waals surface area (Å²) in [5.41, 5.74) is 1.17. The van der Waals surface area contributed by atoms with Gasteiger partial charge in [-0.1, -0.05) is 12.1 Å². The first-order valence-electron chi connectivity index (χ1n) is 9.67. The number of anilines is 2. The molecule has 1 spiro atoms. The lowest BCUT2D eigenvalue weighted by molar-refractivity contribution is 0.0224. The maximum Gasteiger partial charge on any atom is 0.342 e. The van der Waals surface area contributed by atoms with Crippen LogP contribution in [-0.2, 0) is 10.3 Å². The van der Waals surface area contributed by atoms with Gasteiger partial charge in [-0.15, -0.1) is 0 Å². The number of phenolic OH excluding ortho intramolecular Hbond substituents is 2. The number of esters is 1. The molecule has 2 aliphatic heterocycles. The maximum atomic E-state index is 13.2. The maximum absolute atomic E-state index is 13.2. The second-order valence-electron chi connectivity index (χ2n) is 7.35. The van der Waals surface area contributed by atoms with Gasteiger partial charge in [0, 0.05) is 28.8 Å². The van der Waals surface area contributed by atoms with E-state index in [-0.39, 0.29) is 17.4 Å². The number of carbonyl (C=O) groups is 1. The van der Waals surface area contributed by atoms with Crippen LogP contribution >= 0.6 is 0 Å².